The summed E-state index contributed by atoms with van der Waals surface area (Å²) in [5.41, 5.74) is 2.22. The molecule has 32 heavy (non-hydrogen) atoms. The second-order valence-electron chi connectivity index (χ2n) is 7.43. The molecule has 0 unspecified atom stereocenters. The maximum Gasteiger partial charge on any atom is 0.242 e. The molecule has 170 valence electrons. The van der Waals surface area contributed by atoms with Gasteiger partial charge in [0, 0.05) is 41.9 Å². The molecule has 0 radical (unpaired) electrons. The van der Waals surface area contributed by atoms with Crippen molar-refractivity contribution in [3.05, 3.63) is 58.2 Å². The van der Waals surface area contributed by atoms with Gasteiger partial charge in [0.25, 0.3) is 0 Å². The SMILES string of the molecule is Cc1csc(-c2cc(S(=O)(=O)NCc3ccc(Cl)cc3)cn2CC(=O)N2CCOCC2)n1. The Balaban J connectivity index is 1.59. The second-order valence-corrected chi connectivity index (χ2v) is 10.5. The van der Waals surface area contributed by atoms with Gasteiger partial charge in [0.2, 0.25) is 15.9 Å². The number of nitrogens with one attached hydrogen (secondary N) is 1. The van der Waals surface area contributed by atoms with Crippen molar-refractivity contribution in [3.63, 3.8) is 0 Å². The lowest BCUT2D eigenvalue weighted by Crippen LogP contribution is -2.42. The van der Waals surface area contributed by atoms with E-state index in [1.54, 1.807) is 39.8 Å². The van der Waals surface area contributed by atoms with Crippen molar-refractivity contribution in [1.82, 2.24) is 19.2 Å². The molecule has 1 fully saturated rings. The highest BCUT2D eigenvalue weighted by Gasteiger charge is 2.23. The number of hydrogen-bond donors (Lipinski definition) is 1. The Bertz CT molecular complexity index is 1200. The molecule has 1 aromatic carbocycles. The van der Waals surface area contributed by atoms with E-state index in [-0.39, 0.29) is 23.9 Å². The zero-order valence-electron chi connectivity index (χ0n) is 17.5. The number of rotatable bonds is 7. The number of sulfonamides is 1. The first-order valence-corrected chi connectivity index (χ1v) is 12.8. The van der Waals surface area contributed by atoms with Gasteiger partial charge in [-0.3, -0.25) is 4.79 Å². The smallest absolute Gasteiger partial charge is 0.242 e. The van der Waals surface area contributed by atoms with Gasteiger partial charge >= 0.3 is 0 Å². The molecule has 8 nitrogen and oxygen atoms in total. The van der Waals surface area contributed by atoms with Crippen LogP contribution in [0, 0.1) is 6.92 Å². The van der Waals surface area contributed by atoms with Crippen LogP contribution < -0.4 is 4.72 Å². The first kappa shape index (κ1) is 22.9. The molecule has 3 aromatic rings. The van der Waals surface area contributed by atoms with Crippen LogP contribution in [-0.2, 0) is 32.6 Å². The van der Waals surface area contributed by atoms with Gasteiger partial charge < -0.3 is 14.2 Å². The molecule has 11 heteroatoms. The van der Waals surface area contributed by atoms with E-state index >= 15 is 0 Å². The van der Waals surface area contributed by atoms with Gasteiger partial charge in [-0.2, -0.15) is 0 Å². The number of thiazole rings is 1. The minimum Gasteiger partial charge on any atom is -0.378 e. The van der Waals surface area contributed by atoms with E-state index in [1.165, 1.54) is 17.5 Å². The van der Waals surface area contributed by atoms with E-state index in [0.717, 1.165) is 11.3 Å². The summed E-state index contributed by atoms with van der Waals surface area (Å²) in [7, 11) is -3.80. The van der Waals surface area contributed by atoms with Crippen LogP contribution in [0.5, 0.6) is 0 Å². The van der Waals surface area contributed by atoms with Gasteiger partial charge in [-0.1, -0.05) is 23.7 Å². The molecule has 0 bridgehead atoms. The number of aromatic nitrogens is 2. The molecule has 1 saturated heterocycles. The Morgan fingerprint density at radius 2 is 1.97 bits per heavy atom. The topological polar surface area (TPSA) is 93.5 Å². The molecule has 4 rings (SSSR count). The molecule has 0 spiro atoms. The fraction of sp³-hybridized carbons (Fsp3) is 0.333. The van der Waals surface area contributed by atoms with E-state index in [0.29, 0.717) is 42.0 Å². The molecular formula is C21H23ClN4O4S2. The normalized spacial score (nSPS) is 14.6. The van der Waals surface area contributed by atoms with Crippen molar-refractivity contribution >= 4 is 38.9 Å². The zero-order valence-corrected chi connectivity index (χ0v) is 19.8. The Morgan fingerprint density at radius 3 is 2.62 bits per heavy atom. The number of carbonyl (C=O) groups is 1. The van der Waals surface area contributed by atoms with Crippen molar-refractivity contribution in [2.24, 2.45) is 0 Å². The lowest BCUT2D eigenvalue weighted by atomic mass is 10.2. The van der Waals surface area contributed by atoms with Crippen LogP contribution >= 0.6 is 22.9 Å². The first-order valence-electron chi connectivity index (χ1n) is 10.0. The molecule has 1 amide bonds. The van der Waals surface area contributed by atoms with Crippen molar-refractivity contribution in [1.29, 1.82) is 0 Å². The number of carbonyl (C=O) groups excluding carboxylic acids is 1. The molecule has 1 aliphatic heterocycles. The van der Waals surface area contributed by atoms with Gasteiger partial charge in [-0.05, 0) is 30.7 Å². The Hall–Kier alpha value is -2.24. The fourth-order valence-corrected chi connectivity index (χ4v) is 5.35. The fourth-order valence-electron chi connectivity index (χ4n) is 3.33. The van der Waals surface area contributed by atoms with Crippen LogP contribution in [0.25, 0.3) is 10.7 Å². The van der Waals surface area contributed by atoms with Crippen molar-refractivity contribution in [2.45, 2.75) is 24.9 Å². The average Bonchev–Trinajstić information content (AvgIpc) is 3.40. The number of hydrogen-bond acceptors (Lipinski definition) is 6. The van der Waals surface area contributed by atoms with Crippen LogP contribution in [0.15, 0.2) is 46.8 Å². The molecule has 1 N–H and O–H groups in total. The van der Waals surface area contributed by atoms with Gasteiger partial charge in [0.1, 0.15) is 16.4 Å². The number of amides is 1. The Morgan fingerprint density at radius 1 is 1.25 bits per heavy atom. The quantitative estimate of drug-likeness (QED) is 0.545. The number of benzene rings is 1. The molecule has 0 atom stereocenters. The maximum atomic E-state index is 13.0. The van der Waals surface area contributed by atoms with Gasteiger partial charge in [0.05, 0.1) is 18.9 Å². The van der Waals surface area contributed by atoms with Gasteiger partial charge in [-0.25, -0.2) is 18.1 Å². The van der Waals surface area contributed by atoms with Crippen molar-refractivity contribution in [3.8, 4) is 10.7 Å². The van der Waals surface area contributed by atoms with Crippen LogP contribution in [0.2, 0.25) is 5.02 Å². The monoisotopic (exact) mass is 494 g/mol. The van der Waals surface area contributed by atoms with Gasteiger partial charge in [0.15, 0.2) is 0 Å². The van der Waals surface area contributed by atoms with E-state index in [1.807, 2.05) is 12.3 Å². The predicted octanol–water partition coefficient (Wildman–Crippen LogP) is 2.91. The van der Waals surface area contributed by atoms with Crippen LogP contribution in [0.1, 0.15) is 11.3 Å². The van der Waals surface area contributed by atoms with Crippen molar-refractivity contribution in [2.75, 3.05) is 26.3 Å². The highest BCUT2D eigenvalue weighted by Crippen LogP contribution is 2.28. The minimum absolute atomic E-state index is 0.0284. The summed E-state index contributed by atoms with van der Waals surface area (Å²) in [6, 6.07) is 8.51. The maximum absolute atomic E-state index is 13.0. The number of morpholine rings is 1. The minimum atomic E-state index is -3.80. The van der Waals surface area contributed by atoms with Crippen molar-refractivity contribution < 1.29 is 17.9 Å². The van der Waals surface area contributed by atoms with Crippen LogP contribution in [-0.4, -0.2) is 55.1 Å². The summed E-state index contributed by atoms with van der Waals surface area (Å²) >= 11 is 7.30. The van der Waals surface area contributed by atoms with E-state index in [2.05, 4.69) is 9.71 Å². The largest absolute Gasteiger partial charge is 0.378 e. The molecule has 0 saturated carbocycles. The Labute approximate surface area is 195 Å². The number of halogens is 1. The zero-order chi connectivity index (χ0) is 22.7. The summed E-state index contributed by atoms with van der Waals surface area (Å²) in [5, 5.41) is 3.14. The Kier molecular flexibility index (Phi) is 6.96. The number of nitrogens with zero attached hydrogens (tertiary/aromatic N) is 3. The number of ether oxygens (including phenoxy) is 1. The third kappa shape index (κ3) is 5.38. The van der Waals surface area contributed by atoms with E-state index < -0.39 is 10.0 Å². The average molecular weight is 495 g/mol. The highest BCUT2D eigenvalue weighted by molar-refractivity contribution is 7.89. The third-order valence-electron chi connectivity index (χ3n) is 5.07. The summed E-state index contributed by atoms with van der Waals surface area (Å²) in [6.07, 6.45) is 1.49. The summed E-state index contributed by atoms with van der Waals surface area (Å²) in [5.74, 6) is -0.0866. The molecule has 3 heterocycles. The first-order chi connectivity index (χ1) is 15.3. The highest BCUT2D eigenvalue weighted by atomic mass is 35.5. The predicted molar refractivity (Wildman–Crippen MR) is 123 cm³/mol. The number of aryl methyl sites for hydroxylation is 1. The lowest BCUT2D eigenvalue weighted by molar-refractivity contribution is -0.135. The van der Waals surface area contributed by atoms with E-state index in [4.69, 9.17) is 16.3 Å². The summed E-state index contributed by atoms with van der Waals surface area (Å²) in [4.78, 5) is 19.1. The molecule has 1 aliphatic rings. The molecule has 2 aromatic heterocycles. The standard InChI is InChI=1S/C21H23ClN4O4S2/c1-15-14-31-21(24-15)19-10-18(12-26(19)13-20(27)25-6-8-30-9-7-25)32(28,29)23-11-16-2-4-17(22)5-3-16/h2-5,10,12,14,23H,6-9,11,13H2,1H3. The third-order valence-corrected chi connectivity index (χ3v) is 7.67. The van der Waals surface area contributed by atoms with Crippen LogP contribution in [0.3, 0.4) is 0 Å². The summed E-state index contributed by atoms with van der Waals surface area (Å²) < 4.78 is 35.5. The lowest BCUT2D eigenvalue weighted by Gasteiger charge is -2.27. The summed E-state index contributed by atoms with van der Waals surface area (Å²) in [6.45, 7) is 4.09. The van der Waals surface area contributed by atoms with E-state index in [9.17, 15) is 13.2 Å². The molecular weight excluding hydrogens is 472 g/mol. The second kappa shape index (κ2) is 9.72. The van der Waals surface area contributed by atoms with Crippen LogP contribution in [0.4, 0.5) is 0 Å². The van der Waals surface area contributed by atoms with Gasteiger partial charge in [-0.15, -0.1) is 11.3 Å². The molecule has 0 aliphatic carbocycles.